The number of rotatable bonds is 3. The number of anilines is 2. The van der Waals surface area contributed by atoms with Crippen LogP contribution in [-0.4, -0.2) is 23.0 Å². The van der Waals surface area contributed by atoms with Crippen molar-refractivity contribution in [2.75, 3.05) is 12.4 Å². The second kappa shape index (κ2) is 5.55. The van der Waals surface area contributed by atoms with Crippen LogP contribution in [0, 0.1) is 17.5 Å². The van der Waals surface area contributed by atoms with Gasteiger partial charge in [0.05, 0.1) is 25.2 Å². The Morgan fingerprint density at radius 1 is 1.15 bits per heavy atom. The van der Waals surface area contributed by atoms with Crippen molar-refractivity contribution in [1.82, 2.24) is 9.97 Å². The van der Waals surface area contributed by atoms with Gasteiger partial charge in [0.1, 0.15) is 5.82 Å². The van der Waals surface area contributed by atoms with Crippen LogP contribution >= 0.6 is 0 Å². The lowest BCUT2D eigenvalue weighted by Crippen LogP contribution is -2.06. The average Bonchev–Trinajstić information content (AvgIpc) is 2.48. The van der Waals surface area contributed by atoms with E-state index in [2.05, 4.69) is 20.0 Å². The van der Waals surface area contributed by atoms with E-state index in [0.29, 0.717) is 0 Å². The quantitative estimate of drug-likeness (QED) is 0.692. The molecule has 0 aliphatic heterocycles. The fourth-order valence-electron chi connectivity index (χ4n) is 1.36. The summed E-state index contributed by atoms with van der Waals surface area (Å²) >= 11 is 0. The molecule has 104 valence electrons. The lowest BCUT2D eigenvalue weighted by atomic mass is 10.3. The van der Waals surface area contributed by atoms with Gasteiger partial charge in [0.2, 0.25) is 0 Å². The Hall–Kier alpha value is -2.64. The summed E-state index contributed by atoms with van der Waals surface area (Å²) in [5.41, 5.74) is -0.340. The summed E-state index contributed by atoms with van der Waals surface area (Å²) in [6.07, 6.45) is 2.24. The third kappa shape index (κ3) is 2.68. The summed E-state index contributed by atoms with van der Waals surface area (Å²) in [6, 6.07) is 1.79. The molecule has 5 nitrogen and oxygen atoms in total. The normalized spacial score (nSPS) is 10.2. The Labute approximate surface area is 111 Å². The van der Waals surface area contributed by atoms with Crippen LogP contribution < -0.4 is 5.32 Å². The number of methoxy groups -OCH3 is 1. The van der Waals surface area contributed by atoms with Crippen molar-refractivity contribution >= 4 is 17.5 Å². The van der Waals surface area contributed by atoms with Gasteiger partial charge in [-0.25, -0.2) is 27.9 Å². The SMILES string of the molecule is COC(=O)c1cnc(Nc2ccc(F)c(F)c2F)cn1. The van der Waals surface area contributed by atoms with Crippen LogP contribution in [0.2, 0.25) is 0 Å². The van der Waals surface area contributed by atoms with Crippen molar-refractivity contribution < 1.29 is 22.7 Å². The molecule has 1 aromatic carbocycles. The van der Waals surface area contributed by atoms with Crippen molar-refractivity contribution in [3.63, 3.8) is 0 Å². The van der Waals surface area contributed by atoms with Gasteiger partial charge in [0, 0.05) is 0 Å². The Morgan fingerprint density at radius 2 is 1.90 bits per heavy atom. The second-order valence-corrected chi connectivity index (χ2v) is 3.63. The summed E-state index contributed by atoms with van der Waals surface area (Å²) in [5.74, 6) is -4.87. The molecule has 0 amide bonds. The lowest BCUT2D eigenvalue weighted by molar-refractivity contribution is 0.0593. The van der Waals surface area contributed by atoms with Crippen LogP contribution in [0.4, 0.5) is 24.7 Å². The number of esters is 1. The largest absolute Gasteiger partial charge is 0.464 e. The molecular formula is C12H8F3N3O2. The molecular weight excluding hydrogens is 275 g/mol. The Morgan fingerprint density at radius 3 is 2.50 bits per heavy atom. The predicted molar refractivity (Wildman–Crippen MR) is 63.0 cm³/mol. The van der Waals surface area contributed by atoms with Crippen LogP contribution in [0.15, 0.2) is 24.5 Å². The highest BCUT2D eigenvalue weighted by molar-refractivity contribution is 5.86. The van der Waals surface area contributed by atoms with E-state index >= 15 is 0 Å². The van der Waals surface area contributed by atoms with Crippen molar-refractivity contribution in [2.45, 2.75) is 0 Å². The maximum atomic E-state index is 13.4. The third-order valence-electron chi connectivity index (χ3n) is 2.34. The van der Waals surface area contributed by atoms with Crippen molar-refractivity contribution in [3.05, 3.63) is 47.7 Å². The lowest BCUT2D eigenvalue weighted by Gasteiger charge is -2.07. The topological polar surface area (TPSA) is 64.1 Å². The molecule has 0 bridgehead atoms. The van der Waals surface area contributed by atoms with Crippen molar-refractivity contribution in [3.8, 4) is 0 Å². The number of nitrogens with zero attached hydrogens (tertiary/aromatic N) is 2. The number of hydrogen-bond acceptors (Lipinski definition) is 5. The number of ether oxygens (including phenoxy) is 1. The fourth-order valence-corrected chi connectivity index (χ4v) is 1.36. The van der Waals surface area contributed by atoms with E-state index in [-0.39, 0.29) is 17.2 Å². The molecule has 1 N–H and O–H groups in total. The fraction of sp³-hybridized carbons (Fsp3) is 0.0833. The number of benzene rings is 1. The zero-order valence-electron chi connectivity index (χ0n) is 10.2. The van der Waals surface area contributed by atoms with E-state index in [4.69, 9.17) is 0 Å². The molecule has 2 aromatic rings. The number of aromatic nitrogens is 2. The highest BCUT2D eigenvalue weighted by atomic mass is 19.2. The molecule has 20 heavy (non-hydrogen) atoms. The van der Waals surface area contributed by atoms with Crippen LogP contribution in [0.1, 0.15) is 10.5 Å². The number of carbonyl (C=O) groups is 1. The second-order valence-electron chi connectivity index (χ2n) is 3.63. The van der Waals surface area contributed by atoms with E-state index in [1.54, 1.807) is 0 Å². The molecule has 0 aliphatic rings. The molecule has 0 radical (unpaired) electrons. The number of carbonyl (C=O) groups excluding carboxylic acids is 1. The summed E-state index contributed by atoms with van der Waals surface area (Å²) in [7, 11) is 1.19. The van der Waals surface area contributed by atoms with Crippen molar-refractivity contribution in [1.29, 1.82) is 0 Å². The van der Waals surface area contributed by atoms with Gasteiger partial charge in [-0.15, -0.1) is 0 Å². The molecule has 0 aliphatic carbocycles. The summed E-state index contributed by atoms with van der Waals surface area (Å²) < 4.78 is 43.6. The molecule has 2 rings (SSSR count). The van der Waals surface area contributed by atoms with Crippen LogP contribution in [0.3, 0.4) is 0 Å². The van der Waals surface area contributed by atoms with E-state index < -0.39 is 23.4 Å². The highest BCUT2D eigenvalue weighted by Gasteiger charge is 2.14. The maximum absolute atomic E-state index is 13.4. The molecule has 0 saturated carbocycles. The first-order chi connectivity index (χ1) is 9.52. The molecule has 0 spiro atoms. The minimum absolute atomic E-state index is 0.0381. The first-order valence-corrected chi connectivity index (χ1v) is 5.34. The number of halogens is 3. The van der Waals surface area contributed by atoms with Gasteiger partial charge in [-0.05, 0) is 12.1 Å². The Bertz CT molecular complexity index is 647. The molecule has 0 atom stereocenters. The molecule has 0 unspecified atom stereocenters. The summed E-state index contributed by atoms with van der Waals surface area (Å²) in [5, 5.41) is 2.42. The van der Waals surface area contributed by atoms with Crippen molar-refractivity contribution in [2.24, 2.45) is 0 Å². The van der Waals surface area contributed by atoms with Gasteiger partial charge in [0.15, 0.2) is 23.1 Å². The molecule has 1 heterocycles. The standard InChI is InChI=1S/C12H8F3N3O2/c1-20-12(19)8-4-17-9(5-16-8)18-7-3-2-6(13)10(14)11(7)15/h2-5H,1H3,(H,17,18). The monoisotopic (exact) mass is 283 g/mol. The van der Waals surface area contributed by atoms with Crippen LogP contribution in [-0.2, 0) is 4.74 Å². The van der Waals surface area contributed by atoms with Gasteiger partial charge in [-0.3, -0.25) is 0 Å². The molecule has 1 aromatic heterocycles. The predicted octanol–water partition coefficient (Wildman–Crippen LogP) is 2.42. The Kier molecular flexibility index (Phi) is 3.83. The first-order valence-electron chi connectivity index (χ1n) is 5.34. The van der Waals surface area contributed by atoms with Crippen LogP contribution in [0.5, 0.6) is 0 Å². The van der Waals surface area contributed by atoms with Gasteiger partial charge in [0.25, 0.3) is 0 Å². The highest BCUT2D eigenvalue weighted by Crippen LogP contribution is 2.22. The molecule has 0 saturated heterocycles. The van der Waals surface area contributed by atoms with E-state index in [1.807, 2.05) is 0 Å². The van der Waals surface area contributed by atoms with Gasteiger partial charge in [-0.2, -0.15) is 0 Å². The summed E-state index contributed by atoms with van der Waals surface area (Å²) in [4.78, 5) is 18.6. The molecule has 0 fully saturated rings. The first kappa shape index (κ1) is 13.8. The number of hydrogen-bond donors (Lipinski definition) is 1. The van der Waals surface area contributed by atoms with E-state index in [0.717, 1.165) is 24.5 Å². The van der Waals surface area contributed by atoms with Gasteiger partial charge < -0.3 is 10.1 Å². The van der Waals surface area contributed by atoms with Gasteiger partial charge >= 0.3 is 5.97 Å². The maximum Gasteiger partial charge on any atom is 0.358 e. The summed E-state index contributed by atoms with van der Waals surface area (Å²) in [6.45, 7) is 0. The molecule has 8 heteroatoms. The third-order valence-corrected chi connectivity index (χ3v) is 2.34. The van der Waals surface area contributed by atoms with E-state index in [1.165, 1.54) is 7.11 Å². The average molecular weight is 283 g/mol. The zero-order valence-corrected chi connectivity index (χ0v) is 10.2. The Balaban J connectivity index is 2.23. The smallest absolute Gasteiger partial charge is 0.358 e. The van der Waals surface area contributed by atoms with Gasteiger partial charge in [-0.1, -0.05) is 0 Å². The zero-order chi connectivity index (χ0) is 14.7. The van der Waals surface area contributed by atoms with E-state index in [9.17, 15) is 18.0 Å². The van der Waals surface area contributed by atoms with Crippen LogP contribution in [0.25, 0.3) is 0 Å². The number of nitrogens with one attached hydrogen (secondary N) is 1. The minimum atomic E-state index is -1.59. The minimum Gasteiger partial charge on any atom is -0.464 e.